The van der Waals surface area contributed by atoms with Gasteiger partial charge >= 0.3 is 6.09 Å². The second-order valence-electron chi connectivity index (χ2n) is 13.1. The molecule has 3 aromatic rings. The first kappa shape index (κ1) is 29.4. The van der Waals surface area contributed by atoms with Crippen molar-refractivity contribution in [2.45, 2.75) is 64.5 Å². The number of halogens is 1. The topological polar surface area (TPSA) is 80.6 Å². The van der Waals surface area contributed by atoms with Gasteiger partial charge in [0, 0.05) is 73.4 Å². The fraction of sp³-hybridized carbons (Fsp3) is 0.471. The van der Waals surface area contributed by atoms with Crippen molar-refractivity contribution in [2.24, 2.45) is 11.8 Å². The van der Waals surface area contributed by atoms with E-state index >= 15 is 0 Å². The summed E-state index contributed by atoms with van der Waals surface area (Å²) in [5, 5.41) is 0.637. The lowest BCUT2D eigenvalue weighted by Gasteiger charge is -2.37. The van der Waals surface area contributed by atoms with Gasteiger partial charge in [0.15, 0.2) is 0 Å². The van der Waals surface area contributed by atoms with Gasteiger partial charge in [0.25, 0.3) is 5.91 Å². The van der Waals surface area contributed by atoms with Crippen molar-refractivity contribution in [2.75, 3.05) is 26.2 Å². The summed E-state index contributed by atoms with van der Waals surface area (Å²) in [4.78, 5) is 40.1. The van der Waals surface area contributed by atoms with E-state index in [4.69, 9.17) is 21.3 Å². The van der Waals surface area contributed by atoms with E-state index in [-0.39, 0.29) is 23.8 Å². The summed E-state index contributed by atoms with van der Waals surface area (Å²) in [6.07, 6.45) is 12.9. The van der Waals surface area contributed by atoms with Crippen LogP contribution in [0.5, 0.6) is 0 Å². The fourth-order valence-electron chi connectivity index (χ4n) is 6.89. The Hall–Kier alpha value is -3.65. The van der Waals surface area contributed by atoms with Crippen molar-refractivity contribution in [3.8, 4) is 0 Å². The zero-order valence-electron chi connectivity index (χ0n) is 25.2. The molecular weight excluding hydrogens is 562 g/mol. The molecule has 2 saturated heterocycles. The predicted molar refractivity (Wildman–Crippen MR) is 167 cm³/mol. The third-order valence-electron chi connectivity index (χ3n) is 8.83. The molecular formula is C34H40ClN5O3. The summed E-state index contributed by atoms with van der Waals surface area (Å²) in [7, 11) is 0. The molecule has 9 heteroatoms. The number of fused-ring (bicyclic) bond motifs is 2. The average Bonchev–Trinajstić information content (AvgIpc) is 3.44. The van der Waals surface area contributed by atoms with E-state index < -0.39 is 5.60 Å². The average molecular weight is 602 g/mol. The Morgan fingerprint density at radius 2 is 1.86 bits per heavy atom. The number of rotatable bonds is 4. The first-order chi connectivity index (χ1) is 20.7. The molecule has 6 rings (SSSR count). The first-order valence-electron chi connectivity index (χ1n) is 15.4. The van der Waals surface area contributed by atoms with Gasteiger partial charge in [-0.3, -0.25) is 9.78 Å². The number of ether oxygens (including phenoxy) is 1. The van der Waals surface area contributed by atoms with Gasteiger partial charge in [-0.05, 0) is 93.7 Å². The van der Waals surface area contributed by atoms with Crippen molar-refractivity contribution in [3.05, 3.63) is 82.7 Å². The molecule has 2 amide bonds. The molecule has 0 spiro atoms. The van der Waals surface area contributed by atoms with Crippen molar-refractivity contribution in [3.63, 3.8) is 0 Å². The number of amides is 2. The molecule has 0 bridgehead atoms. The molecule has 3 aliphatic rings. The quantitative estimate of drug-likeness (QED) is 0.341. The van der Waals surface area contributed by atoms with Crippen LogP contribution in [-0.4, -0.2) is 68.1 Å². The van der Waals surface area contributed by atoms with Gasteiger partial charge in [0.05, 0.1) is 12.0 Å². The number of piperidine rings is 2. The Balaban J connectivity index is 1.30. The van der Waals surface area contributed by atoms with Crippen LogP contribution in [0.2, 0.25) is 5.02 Å². The Labute approximate surface area is 258 Å². The second kappa shape index (κ2) is 12.2. The molecule has 4 heterocycles. The SMILES string of the molecule is CC(C)(C)OC(=O)N1CCC(C2c3ccc(Cl)cc3C=C(C(=O)N3CCC[C@@H](Cn4ccnc4)C3)c3cccnc32)CC1. The number of benzene rings is 1. The molecule has 0 N–H and O–H groups in total. The number of aromatic nitrogens is 3. The lowest BCUT2D eigenvalue weighted by Crippen LogP contribution is -2.43. The maximum atomic E-state index is 14.3. The van der Waals surface area contributed by atoms with Crippen LogP contribution < -0.4 is 0 Å². The van der Waals surface area contributed by atoms with Crippen LogP contribution in [0.1, 0.15) is 74.8 Å². The molecule has 226 valence electrons. The minimum Gasteiger partial charge on any atom is -0.444 e. The van der Waals surface area contributed by atoms with Crippen LogP contribution in [0.3, 0.4) is 0 Å². The summed E-state index contributed by atoms with van der Waals surface area (Å²) >= 11 is 6.54. The normalized spacial score (nSPS) is 21.0. The van der Waals surface area contributed by atoms with Gasteiger partial charge in [-0.15, -0.1) is 0 Å². The summed E-state index contributed by atoms with van der Waals surface area (Å²) in [6.45, 7) is 9.21. The molecule has 43 heavy (non-hydrogen) atoms. The number of hydrogen-bond acceptors (Lipinski definition) is 5. The second-order valence-corrected chi connectivity index (χ2v) is 13.5. The van der Waals surface area contributed by atoms with Crippen LogP contribution in [0.25, 0.3) is 11.6 Å². The maximum Gasteiger partial charge on any atom is 0.410 e. The Kier molecular flexibility index (Phi) is 8.32. The zero-order chi connectivity index (χ0) is 30.1. The van der Waals surface area contributed by atoms with Crippen LogP contribution in [-0.2, 0) is 16.1 Å². The number of pyridine rings is 1. The van der Waals surface area contributed by atoms with Crippen molar-refractivity contribution in [1.82, 2.24) is 24.3 Å². The van der Waals surface area contributed by atoms with E-state index in [1.165, 1.54) is 0 Å². The molecule has 1 unspecified atom stereocenters. The van der Waals surface area contributed by atoms with E-state index in [1.54, 1.807) is 6.20 Å². The van der Waals surface area contributed by atoms with Crippen LogP contribution in [0, 0.1) is 11.8 Å². The summed E-state index contributed by atoms with van der Waals surface area (Å²) in [6, 6.07) is 9.94. The molecule has 0 radical (unpaired) electrons. The number of nitrogens with zero attached hydrogens (tertiary/aromatic N) is 5. The van der Waals surface area contributed by atoms with E-state index in [1.807, 2.05) is 79.6 Å². The van der Waals surface area contributed by atoms with Crippen LogP contribution in [0.15, 0.2) is 55.2 Å². The molecule has 8 nitrogen and oxygen atoms in total. The maximum absolute atomic E-state index is 14.3. The van der Waals surface area contributed by atoms with E-state index in [0.29, 0.717) is 36.1 Å². The van der Waals surface area contributed by atoms with Gasteiger partial charge in [-0.25, -0.2) is 9.78 Å². The number of carbonyl (C=O) groups excluding carboxylic acids is 2. The standard InChI is InChI=1S/C34H40ClN5O3/c1-34(2,3)43-33(42)39-15-10-24(11-16-39)30-27-9-8-26(35)18-25(27)19-29(28-7-4-12-37-31(28)30)32(41)40-14-5-6-23(21-40)20-38-17-13-36-22-38/h4,7-9,12-13,17-19,22-24,30H,5-6,10-11,14-16,20-21H2,1-3H3/t23-,30?/m0/s1. The number of imidazole rings is 1. The van der Waals surface area contributed by atoms with Gasteiger partial charge in [-0.1, -0.05) is 23.7 Å². The van der Waals surface area contributed by atoms with Crippen molar-refractivity contribution in [1.29, 1.82) is 0 Å². The first-order valence-corrected chi connectivity index (χ1v) is 15.7. The number of hydrogen-bond donors (Lipinski definition) is 0. The Morgan fingerprint density at radius 1 is 1.05 bits per heavy atom. The molecule has 2 atom stereocenters. The molecule has 1 aromatic carbocycles. The third kappa shape index (κ3) is 6.49. The minimum atomic E-state index is -0.529. The van der Waals surface area contributed by atoms with Gasteiger partial charge in [0.1, 0.15) is 5.60 Å². The highest BCUT2D eigenvalue weighted by Crippen LogP contribution is 2.45. The molecule has 0 saturated carbocycles. The molecule has 2 aromatic heterocycles. The Bertz CT molecular complexity index is 1500. The van der Waals surface area contributed by atoms with Crippen molar-refractivity contribution >= 4 is 35.3 Å². The minimum absolute atomic E-state index is 0.0267. The lowest BCUT2D eigenvalue weighted by atomic mass is 9.76. The zero-order valence-corrected chi connectivity index (χ0v) is 26.0. The Morgan fingerprint density at radius 3 is 2.60 bits per heavy atom. The van der Waals surface area contributed by atoms with Gasteiger partial charge in [0.2, 0.25) is 0 Å². The summed E-state index contributed by atoms with van der Waals surface area (Å²) in [5.74, 6) is 0.623. The summed E-state index contributed by atoms with van der Waals surface area (Å²) < 4.78 is 7.74. The van der Waals surface area contributed by atoms with Crippen molar-refractivity contribution < 1.29 is 14.3 Å². The summed E-state index contributed by atoms with van der Waals surface area (Å²) in [5.41, 5.74) is 4.03. The largest absolute Gasteiger partial charge is 0.444 e. The van der Waals surface area contributed by atoms with Crippen LogP contribution >= 0.6 is 11.6 Å². The highest BCUT2D eigenvalue weighted by atomic mass is 35.5. The molecule has 1 aliphatic carbocycles. The highest BCUT2D eigenvalue weighted by molar-refractivity contribution is 6.31. The van der Waals surface area contributed by atoms with E-state index in [0.717, 1.165) is 61.2 Å². The smallest absolute Gasteiger partial charge is 0.410 e. The lowest BCUT2D eigenvalue weighted by molar-refractivity contribution is -0.126. The number of likely N-dealkylation sites (tertiary alicyclic amines) is 2. The molecule has 2 aliphatic heterocycles. The van der Waals surface area contributed by atoms with E-state index in [2.05, 4.69) is 15.6 Å². The third-order valence-corrected chi connectivity index (χ3v) is 9.07. The van der Waals surface area contributed by atoms with Gasteiger partial charge in [-0.2, -0.15) is 0 Å². The molecule has 2 fully saturated rings. The predicted octanol–water partition coefficient (Wildman–Crippen LogP) is 6.50. The monoisotopic (exact) mass is 601 g/mol. The highest BCUT2D eigenvalue weighted by Gasteiger charge is 2.38. The van der Waals surface area contributed by atoms with Gasteiger partial charge < -0.3 is 19.1 Å². The number of carbonyl (C=O) groups is 2. The van der Waals surface area contributed by atoms with Crippen LogP contribution in [0.4, 0.5) is 4.79 Å². The van der Waals surface area contributed by atoms with E-state index in [9.17, 15) is 9.59 Å². The fourth-order valence-corrected chi connectivity index (χ4v) is 7.07.